The number of hydrogen-bond donors (Lipinski definition) is 2. The minimum atomic E-state index is -0.253. The number of aromatic amines is 1. The Balaban J connectivity index is 1.64. The molecule has 5 heteroatoms. The van der Waals surface area contributed by atoms with Crippen LogP contribution in [0.5, 0.6) is 0 Å². The molecule has 1 aliphatic carbocycles. The Hall–Kier alpha value is -2.43. The lowest BCUT2D eigenvalue weighted by Crippen LogP contribution is -2.20. The van der Waals surface area contributed by atoms with Gasteiger partial charge in [-0.25, -0.2) is 5.43 Å². The van der Waals surface area contributed by atoms with E-state index in [9.17, 15) is 4.79 Å². The number of nitrogens with zero attached hydrogens (tertiary/aromatic N) is 2. The number of aryl methyl sites for hydroxylation is 1. The van der Waals surface area contributed by atoms with Crippen LogP contribution in [0.2, 0.25) is 0 Å². The molecular formula is C19H24N4O. The van der Waals surface area contributed by atoms with Crippen LogP contribution in [0.15, 0.2) is 29.4 Å². The van der Waals surface area contributed by atoms with E-state index in [2.05, 4.69) is 53.6 Å². The number of fused-ring (bicyclic) bond motifs is 1. The van der Waals surface area contributed by atoms with Crippen molar-refractivity contribution in [1.82, 2.24) is 15.6 Å². The smallest absolute Gasteiger partial charge is 0.281 e. The molecule has 0 bridgehead atoms. The van der Waals surface area contributed by atoms with Crippen LogP contribution in [0.1, 0.15) is 66.5 Å². The van der Waals surface area contributed by atoms with Crippen molar-refractivity contribution in [3.8, 4) is 0 Å². The summed E-state index contributed by atoms with van der Waals surface area (Å²) in [6.45, 7) is 6.54. The van der Waals surface area contributed by atoms with E-state index in [1.165, 1.54) is 5.56 Å². The maximum atomic E-state index is 12.2. The van der Waals surface area contributed by atoms with Crippen LogP contribution in [0, 0.1) is 0 Å². The van der Waals surface area contributed by atoms with Crippen molar-refractivity contribution in [2.24, 2.45) is 5.10 Å². The quantitative estimate of drug-likeness (QED) is 0.671. The first-order chi connectivity index (χ1) is 11.4. The van der Waals surface area contributed by atoms with Gasteiger partial charge in [-0.15, -0.1) is 0 Å². The van der Waals surface area contributed by atoms with Gasteiger partial charge in [-0.3, -0.25) is 9.89 Å². The van der Waals surface area contributed by atoms with Crippen LogP contribution in [-0.4, -0.2) is 22.3 Å². The molecule has 3 rings (SSSR count). The second-order valence-corrected chi connectivity index (χ2v) is 7.31. The molecule has 126 valence electrons. The first kappa shape index (κ1) is 16.4. The molecule has 1 amide bonds. The van der Waals surface area contributed by atoms with Gasteiger partial charge in [-0.2, -0.15) is 10.2 Å². The monoisotopic (exact) mass is 324 g/mol. The second-order valence-electron chi connectivity index (χ2n) is 7.31. The molecule has 0 saturated carbocycles. The van der Waals surface area contributed by atoms with E-state index in [-0.39, 0.29) is 11.3 Å². The standard InChI is InChI=1S/C19H24N4O/c1-19(2,3)14-10-8-13(9-11-14)12-20-23-18(24)17-15-6-4-5-7-16(15)21-22-17/h8-12H,4-7H2,1-3H3,(H,21,22)(H,23,24)/b20-12-. The summed E-state index contributed by atoms with van der Waals surface area (Å²) >= 11 is 0. The SMILES string of the molecule is CC(C)(C)c1ccc(/C=N\NC(=O)c2n[nH]c3c2CCCC3)cc1. The normalized spacial score (nSPS) is 14.6. The summed E-state index contributed by atoms with van der Waals surface area (Å²) in [5, 5.41) is 11.2. The van der Waals surface area contributed by atoms with Gasteiger partial charge in [0.1, 0.15) is 0 Å². The third-order valence-corrected chi connectivity index (χ3v) is 4.43. The second kappa shape index (κ2) is 6.59. The van der Waals surface area contributed by atoms with E-state index >= 15 is 0 Å². The van der Waals surface area contributed by atoms with Crippen molar-refractivity contribution in [3.05, 3.63) is 52.3 Å². The van der Waals surface area contributed by atoms with Gasteiger partial charge >= 0.3 is 0 Å². The average Bonchev–Trinajstić information content (AvgIpc) is 2.98. The van der Waals surface area contributed by atoms with E-state index in [1.807, 2.05) is 12.1 Å². The van der Waals surface area contributed by atoms with Gasteiger partial charge < -0.3 is 0 Å². The Bertz CT molecular complexity index is 751. The molecule has 1 aromatic heterocycles. The third-order valence-electron chi connectivity index (χ3n) is 4.43. The van der Waals surface area contributed by atoms with Gasteiger partial charge in [0.2, 0.25) is 0 Å². The highest BCUT2D eigenvalue weighted by atomic mass is 16.2. The van der Waals surface area contributed by atoms with E-state index in [0.717, 1.165) is 42.5 Å². The Kier molecular flexibility index (Phi) is 4.51. The molecule has 0 aliphatic heterocycles. The number of nitrogens with one attached hydrogen (secondary N) is 2. The molecule has 1 heterocycles. The number of hydrogen-bond acceptors (Lipinski definition) is 3. The lowest BCUT2D eigenvalue weighted by Gasteiger charge is -2.18. The fourth-order valence-electron chi connectivity index (χ4n) is 2.96. The molecule has 0 fully saturated rings. The van der Waals surface area contributed by atoms with Gasteiger partial charge in [0.25, 0.3) is 5.91 Å². The number of rotatable bonds is 3. The molecule has 1 aliphatic rings. The Morgan fingerprint density at radius 3 is 2.62 bits per heavy atom. The molecule has 5 nitrogen and oxygen atoms in total. The van der Waals surface area contributed by atoms with Crippen molar-refractivity contribution >= 4 is 12.1 Å². The number of aromatic nitrogens is 2. The average molecular weight is 324 g/mol. The van der Waals surface area contributed by atoms with Gasteiger partial charge in [0.15, 0.2) is 5.69 Å². The Labute approximate surface area is 142 Å². The van der Waals surface area contributed by atoms with Gasteiger partial charge in [0.05, 0.1) is 6.21 Å². The minimum absolute atomic E-state index is 0.128. The number of H-pyrrole nitrogens is 1. The highest BCUT2D eigenvalue weighted by Gasteiger charge is 2.21. The summed E-state index contributed by atoms with van der Waals surface area (Å²) in [4.78, 5) is 12.2. The fourth-order valence-corrected chi connectivity index (χ4v) is 2.96. The summed E-state index contributed by atoms with van der Waals surface area (Å²) in [5.41, 5.74) is 7.54. The Morgan fingerprint density at radius 2 is 1.92 bits per heavy atom. The van der Waals surface area contributed by atoms with Crippen molar-refractivity contribution in [3.63, 3.8) is 0 Å². The summed E-state index contributed by atoms with van der Waals surface area (Å²) in [6.07, 6.45) is 5.80. The largest absolute Gasteiger partial charge is 0.292 e. The molecule has 0 saturated heterocycles. The van der Waals surface area contributed by atoms with Gasteiger partial charge in [-0.1, -0.05) is 45.0 Å². The lowest BCUT2D eigenvalue weighted by atomic mass is 9.87. The predicted molar refractivity (Wildman–Crippen MR) is 95.4 cm³/mol. The lowest BCUT2D eigenvalue weighted by molar-refractivity contribution is 0.0949. The molecular weight excluding hydrogens is 300 g/mol. The van der Waals surface area contributed by atoms with Crippen LogP contribution >= 0.6 is 0 Å². The highest BCUT2D eigenvalue weighted by molar-refractivity contribution is 5.94. The number of amides is 1. The van der Waals surface area contributed by atoms with E-state index < -0.39 is 0 Å². The van der Waals surface area contributed by atoms with Gasteiger partial charge in [0, 0.05) is 11.3 Å². The zero-order valence-electron chi connectivity index (χ0n) is 14.5. The maximum absolute atomic E-state index is 12.2. The summed E-state index contributed by atoms with van der Waals surface area (Å²) in [7, 11) is 0. The number of hydrazone groups is 1. The van der Waals surface area contributed by atoms with Crippen LogP contribution in [0.25, 0.3) is 0 Å². The van der Waals surface area contributed by atoms with Crippen molar-refractivity contribution in [1.29, 1.82) is 0 Å². The zero-order chi connectivity index (χ0) is 17.2. The molecule has 0 spiro atoms. The third kappa shape index (κ3) is 3.55. The summed E-state index contributed by atoms with van der Waals surface area (Å²) in [5.74, 6) is -0.253. The molecule has 0 unspecified atom stereocenters. The van der Waals surface area contributed by atoms with Crippen LogP contribution in [0.3, 0.4) is 0 Å². The molecule has 2 aromatic rings. The highest BCUT2D eigenvalue weighted by Crippen LogP contribution is 2.22. The van der Waals surface area contributed by atoms with E-state index in [4.69, 9.17) is 0 Å². The predicted octanol–water partition coefficient (Wildman–Crippen LogP) is 3.35. The maximum Gasteiger partial charge on any atom is 0.292 e. The first-order valence-corrected chi connectivity index (χ1v) is 8.45. The van der Waals surface area contributed by atoms with Gasteiger partial charge in [-0.05, 0) is 42.2 Å². The molecule has 24 heavy (non-hydrogen) atoms. The number of carbonyl (C=O) groups excluding carboxylic acids is 1. The van der Waals surface area contributed by atoms with Crippen molar-refractivity contribution < 1.29 is 4.79 Å². The van der Waals surface area contributed by atoms with Crippen LogP contribution in [0.4, 0.5) is 0 Å². The zero-order valence-corrected chi connectivity index (χ0v) is 14.5. The van der Waals surface area contributed by atoms with Crippen LogP contribution in [-0.2, 0) is 18.3 Å². The Morgan fingerprint density at radius 1 is 1.21 bits per heavy atom. The van der Waals surface area contributed by atoms with E-state index in [1.54, 1.807) is 6.21 Å². The molecule has 0 atom stereocenters. The number of benzene rings is 1. The molecule has 2 N–H and O–H groups in total. The summed E-state index contributed by atoms with van der Waals surface area (Å²) in [6, 6.07) is 8.19. The van der Waals surface area contributed by atoms with Crippen molar-refractivity contribution in [2.75, 3.05) is 0 Å². The number of carbonyl (C=O) groups is 1. The fraction of sp³-hybridized carbons (Fsp3) is 0.421. The molecule has 0 radical (unpaired) electrons. The van der Waals surface area contributed by atoms with Crippen LogP contribution < -0.4 is 5.43 Å². The summed E-state index contributed by atoms with van der Waals surface area (Å²) < 4.78 is 0. The first-order valence-electron chi connectivity index (χ1n) is 8.45. The van der Waals surface area contributed by atoms with E-state index in [0.29, 0.717) is 5.69 Å². The van der Waals surface area contributed by atoms with Crippen molar-refractivity contribution in [2.45, 2.75) is 51.9 Å². The molecule has 1 aromatic carbocycles. The topological polar surface area (TPSA) is 70.1 Å². The minimum Gasteiger partial charge on any atom is -0.281 e.